The van der Waals surface area contributed by atoms with Crippen LogP contribution in [-0.4, -0.2) is 37.7 Å². The summed E-state index contributed by atoms with van der Waals surface area (Å²) in [7, 11) is 0. The predicted octanol–water partition coefficient (Wildman–Crippen LogP) is 0.917. The number of amides is 1. The van der Waals surface area contributed by atoms with Gasteiger partial charge < -0.3 is 15.4 Å². The van der Waals surface area contributed by atoms with Crippen molar-refractivity contribution in [2.45, 2.75) is 39.2 Å². The second-order valence-corrected chi connectivity index (χ2v) is 4.83. The molecule has 94 valence electrons. The predicted molar refractivity (Wildman–Crippen MR) is 64.3 cm³/mol. The zero-order chi connectivity index (χ0) is 12.0. The fraction of sp³-hybridized carbons (Fsp3) is 0.917. The normalized spacial score (nSPS) is 25.8. The van der Waals surface area contributed by atoms with Crippen molar-refractivity contribution in [3.63, 3.8) is 0 Å². The number of carbonyl (C=O) groups excluding carboxylic acids is 1. The van der Waals surface area contributed by atoms with Crippen molar-refractivity contribution in [1.82, 2.24) is 10.6 Å². The highest BCUT2D eigenvalue weighted by Gasteiger charge is 2.32. The Labute approximate surface area is 98.1 Å². The van der Waals surface area contributed by atoms with Crippen LogP contribution in [0.5, 0.6) is 0 Å². The first-order chi connectivity index (χ1) is 7.59. The van der Waals surface area contributed by atoms with Crippen LogP contribution in [0.1, 0.15) is 33.6 Å². The SMILES string of the molecule is CCCC1(CNC(=O)C(C)C)CNCCO1. The average Bonchev–Trinajstić information content (AvgIpc) is 2.27. The number of carbonyl (C=O) groups is 1. The topological polar surface area (TPSA) is 50.4 Å². The Balaban J connectivity index is 2.47. The number of ether oxygens (including phenoxy) is 1. The van der Waals surface area contributed by atoms with Gasteiger partial charge in [-0.15, -0.1) is 0 Å². The third-order valence-electron chi connectivity index (χ3n) is 2.95. The molecule has 1 atom stereocenters. The van der Waals surface area contributed by atoms with Crippen molar-refractivity contribution in [2.75, 3.05) is 26.2 Å². The van der Waals surface area contributed by atoms with Gasteiger partial charge in [0, 0.05) is 25.6 Å². The van der Waals surface area contributed by atoms with E-state index in [-0.39, 0.29) is 17.4 Å². The molecule has 1 saturated heterocycles. The van der Waals surface area contributed by atoms with E-state index in [1.54, 1.807) is 0 Å². The van der Waals surface area contributed by atoms with Crippen LogP contribution in [0.2, 0.25) is 0 Å². The van der Waals surface area contributed by atoms with Crippen molar-refractivity contribution >= 4 is 5.91 Å². The number of nitrogens with one attached hydrogen (secondary N) is 2. The average molecular weight is 228 g/mol. The molecule has 4 heteroatoms. The van der Waals surface area contributed by atoms with E-state index < -0.39 is 0 Å². The standard InChI is InChI=1S/C12H24N2O2/c1-4-5-12(8-13-6-7-16-12)9-14-11(15)10(2)3/h10,13H,4-9H2,1-3H3,(H,14,15). The van der Waals surface area contributed by atoms with Crippen LogP contribution in [0.3, 0.4) is 0 Å². The van der Waals surface area contributed by atoms with Crippen molar-refractivity contribution < 1.29 is 9.53 Å². The van der Waals surface area contributed by atoms with E-state index in [1.807, 2.05) is 13.8 Å². The second kappa shape index (κ2) is 6.21. The molecule has 2 N–H and O–H groups in total. The van der Waals surface area contributed by atoms with E-state index in [9.17, 15) is 4.79 Å². The molecule has 1 heterocycles. The summed E-state index contributed by atoms with van der Waals surface area (Å²) in [5.74, 6) is 0.139. The highest BCUT2D eigenvalue weighted by molar-refractivity contribution is 5.77. The first kappa shape index (κ1) is 13.5. The molecule has 1 amide bonds. The molecule has 4 nitrogen and oxygen atoms in total. The largest absolute Gasteiger partial charge is 0.371 e. The minimum Gasteiger partial charge on any atom is -0.371 e. The van der Waals surface area contributed by atoms with Crippen molar-refractivity contribution in [3.8, 4) is 0 Å². The summed E-state index contributed by atoms with van der Waals surface area (Å²) in [5, 5.41) is 6.31. The second-order valence-electron chi connectivity index (χ2n) is 4.83. The fourth-order valence-corrected chi connectivity index (χ4v) is 1.98. The molecule has 0 radical (unpaired) electrons. The molecular formula is C12H24N2O2. The molecule has 0 bridgehead atoms. The highest BCUT2D eigenvalue weighted by atomic mass is 16.5. The van der Waals surface area contributed by atoms with Crippen LogP contribution in [0.4, 0.5) is 0 Å². The first-order valence-electron chi connectivity index (χ1n) is 6.22. The van der Waals surface area contributed by atoms with E-state index >= 15 is 0 Å². The number of morpholine rings is 1. The molecule has 0 aromatic carbocycles. The van der Waals surface area contributed by atoms with E-state index in [0.717, 1.165) is 32.5 Å². The summed E-state index contributed by atoms with van der Waals surface area (Å²) in [6.07, 6.45) is 2.05. The molecule has 0 aromatic rings. The molecule has 1 fully saturated rings. The van der Waals surface area contributed by atoms with Crippen LogP contribution in [0.15, 0.2) is 0 Å². The fourth-order valence-electron chi connectivity index (χ4n) is 1.98. The quantitative estimate of drug-likeness (QED) is 0.735. The van der Waals surface area contributed by atoms with Crippen molar-refractivity contribution in [1.29, 1.82) is 0 Å². The molecular weight excluding hydrogens is 204 g/mol. The Kier molecular flexibility index (Phi) is 5.22. The molecule has 0 spiro atoms. The third-order valence-corrected chi connectivity index (χ3v) is 2.95. The van der Waals surface area contributed by atoms with Crippen LogP contribution < -0.4 is 10.6 Å². The zero-order valence-electron chi connectivity index (χ0n) is 10.6. The lowest BCUT2D eigenvalue weighted by Gasteiger charge is -2.38. The Hall–Kier alpha value is -0.610. The van der Waals surface area contributed by atoms with Gasteiger partial charge in [0.2, 0.25) is 5.91 Å². The summed E-state index contributed by atoms with van der Waals surface area (Å²) in [4.78, 5) is 11.5. The van der Waals surface area contributed by atoms with Gasteiger partial charge in [-0.2, -0.15) is 0 Å². The molecule has 1 aliphatic heterocycles. The van der Waals surface area contributed by atoms with Gasteiger partial charge in [0.1, 0.15) is 0 Å². The first-order valence-corrected chi connectivity index (χ1v) is 6.22. The van der Waals surface area contributed by atoms with Gasteiger partial charge >= 0.3 is 0 Å². The summed E-state index contributed by atoms with van der Waals surface area (Å²) in [6.45, 7) is 9.04. The van der Waals surface area contributed by atoms with Gasteiger partial charge in [0.15, 0.2) is 0 Å². The van der Waals surface area contributed by atoms with Gasteiger partial charge in [-0.3, -0.25) is 4.79 Å². The number of rotatable bonds is 5. The zero-order valence-corrected chi connectivity index (χ0v) is 10.6. The molecule has 0 aliphatic carbocycles. The van der Waals surface area contributed by atoms with Crippen LogP contribution in [0, 0.1) is 5.92 Å². The molecule has 0 saturated carbocycles. The maximum atomic E-state index is 11.5. The molecule has 1 unspecified atom stereocenters. The monoisotopic (exact) mass is 228 g/mol. The Morgan fingerprint density at radius 3 is 2.81 bits per heavy atom. The number of hydrogen-bond acceptors (Lipinski definition) is 3. The van der Waals surface area contributed by atoms with E-state index in [1.165, 1.54) is 0 Å². The lowest BCUT2D eigenvalue weighted by atomic mass is 9.96. The van der Waals surface area contributed by atoms with Gasteiger partial charge in [-0.05, 0) is 6.42 Å². The third kappa shape index (κ3) is 3.76. The van der Waals surface area contributed by atoms with Gasteiger partial charge in [0.25, 0.3) is 0 Å². The summed E-state index contributed by atoms with van der Waals surface area (Å²) in [6, 6.07) is 0. The summed E-state index contributed by atoms with van der Waals surface area (Å²) < 4.78 is 5.86. The van der Waals surface area contributed by atoms with Crippen LogP contribution in [0.25, 0.3) is 0 Å². The Morgan fingerprint density at radius 1 is 1.56 bits per heavy atom. The summed E-state index contributed by atoms with van der Waals surface area (Å²) in [5.41, 5.74) is -0.197. The highest BCUT2D eigenvalue weighted by Crippen LogP contribution is 2.19. The van der Waals surface area contributed by atoms with Crippen molar-refractivity contribution in [3.05, 3.63) is 0 Å². The Bertz CT molecular complexity index is 218. The lowest BCUT2D eigenvalue weighted by molar-refractivity contribution is -0.127. The van der Waals surface area contributed by atoms with Crippen LogP contribution in [-0.2, 0) is 9.53 Å². The number of hydrogen-bond donors (Lipinski definition) is 2. The maximum absolute atomic E-state index is 11.5. The van der Waals surface area contributed by atoms with Crippen LogP contribution >= 0.6 is 0 Å². The smallest absolute Gasteiger partial charge is 0.222 e. The molecule has 1 rings (SSSR count). The van der Waals surface area contributed by atoms with Crippen molar-refractivity contribution in [2.24, 2.45) is 5.92 Å². The minimum atomic E-state index is -0.197. The molecule has 16 heavy (non-hydrogen) atoms. The van der Waals surface area contributed by atoms with E-state index in [0.29, 0.717) is 6.54 Å². The summed E-state index contributed by atoms with van der Waals surface area (Å²) >= 11 is 0. The lowest BCUT2D eigenvalue weighted by Crippen LogP contribution is -2.56. The van der Waals surface area contributed by atoms with E-state index in [2.05, 4.69) is 17.6 Å². The van der Waals surface area contributed by atoms with Gasteiger partial charge in [-0.25, -0.2) is 0 Å². The van der Waals surface area contributed by atoms with Gasteiger partial charge in [0.05, 0.1) is 12.2 Å². The Morgan fingerprint density at radius 2 is 2.31 bits per heavy atom. The molecule has 0 aromatic heterocycles. The van der Waals surface area contributed by atoms with E-state index in [4.69, 9.17) is 4.74 Å². The maximum Gasteiger partial charge on any atom is 0.222 e. The van der Waals surface area contributed by atoms with Gasteiger partial charge in [-0.1, -0.05) is 27.2 Å². The molecule has 1 aliphatic rings. The minimum absolute atomic E-state index is 0.0372.